The van der Waals surface area contributed by atoms with Gasteiger partial charge in [-0.3, -0.25) is 0 Å². The normalized spacial score (nSPS) is 13.6. The number of nitrogens with zero attached hydrogens (tertiary/aromatic N) is 3. The van der Waals surface area contributed by atoms with Gasteiger partial charge in [0.2, 0.25) is 0 Å². The second-order valence-corrected chi connectivity index (χ2v) is 3.31. The Bertz CT molecular complexity index is 258. The van der Waals surface area contributed by atoms with Crippen LogP contribution in [0.5, 0.6) is 0 Å². The molecule has 1 atom stereocenters. The maximum Gasteiger partial charge on any atom is 0.150 e. The molecule has 1 rings (SSSR count). The van der Waals surface area contributed by atoms with Crippen molar-refractivity contribution in [2.24, 2.45) is 5.73 Å². The predicted octanol–water partition coefficient (Wildman–Crippen LogP) is 0.241. The standard InChI is InChI=1S/C8H16N4O/c1-6(2)12-5-10-11-8(12)7(9)3-4-13/h5-7,13H,3-4,9H2,1-2H3. The highest BCUT2D eigenvalue weighted by molar-refractivity contribution is 4.94. The van der Waals surface area contributed by atoms with E-state index in [0.717, 1.165) is 5.82 Å². The molecule has 74 valence electrons. The first-order valence-electron chi connectivity index (χ1n) is 4.42. The van der Waals surface area contributed by atoms with Crippen molar-refractivity contribution in [2.45, 2.75) is 32.4 Å². The van der Waals surface area contributed by atoms with Crippen molar-refractivity contribution in [3.8, 4) is 0 Å². The molecule has 13 heavy (non-hydrogen) atoms. The first-order chi connectivity index (χ1) is 6.16. The molecule has 0 bridgehead atoms. The van der Waals surface area contributed by atoms with Crippen LogP contribution in [0.2, 0.25) is 0 Å². The van der Waals surface area contributed by atoms with E-state index in [4.69, 9.17) is 10.8 Å². The van der Waals surface area contributed by atoms with Crippen LogP contribution in [0.15, 0.2) is 6.33 Å². The second kappa shape index (κ2) is 4.34. The predicted molar refractivity (Wildman–Crippen MR) is 49.0 cm³/mol. The van der Waals surface area contributed by atoms with Gasteiger partial charge in [0.15, 0.2) is 0 Å². The summed E-state index contributed by atoms with van der Waals surface area (Å²) in [6.07, 6.45) is 2.18. The zero-order valence-electron chi connectivity index (χ0n) is 8.01. The third-order valence-corrected chi connectivity index (χ3v) is 1.93. The minimum Gasteiger partial charge on any atom is -0.396 e. The highest BCUT2D eigenvalue weighted by Gasteiger charge is 2.14. The first-order valence-corrected chi connectivity index (χ1v) is 4.42. The van der Waals surface area contributed by atoms with E-state index in [2.05, 4.69) is 10.2 Å². The zero-order chi connectivity index (χ0) is 9.84. The smallest absolute Gasteiger partial charge is 0.150 e. The van der Waals surface area contributed by atoms with Gasteiger partial charge in [0.1, 0.15) is 12.2 Å². The fourth-order valence-electron chi connectivity index (χ4n) is 1.18. The average Bonchev–Trinajstić information content (AvgIpc) is 2.52. The molecule has 1 aromatic heterocycles. The number of rotatable bonds is 4. The van der Waals surface area contributed by atoms with Crippen LogP contribution in [0.1, 0.15) is 38.2 Å². The van der Waals surface area contributed by atoms with Gasteiger partial charge in [-0.05, 0) is 20.3 Å². The van der Waals surface area contributed by atoms with Crippen molar-refractivity contribution in [3.05, 3.63) is 12.2 Å². The molecular formula is C8H16N4O. The number of aromatic nitrogens is 3. The van der Waals surface area contributed by atoms with E-state index in [0.29, 0.717) is 12.5 Å². The van der Waals surface area contributed by atoms with Gasteiger partial charge in [0.05, 0.1) is 6.04 Å². The largest absolute Gasteiger partial charge is 0.396 e. The Morgan fingerprint density at radius 2 is 2.31 bits per heavy atom. The quantitative estimate of drug-likeness (QED) is 0.702. The van der Waals surface area contributed by atoms with Crippen molar-refractivity contribution < 1.29 is 5.11 Å². The molecule has 0 aliphatic heterocycles. The molecule has 1 unspecified atom stereocenters. The lowest BCUT2D eigenvalue weighted by atomic mass is 10.2. The SMILES string of the molecule is CC(C)n1cnnc1C(N)CCO. The van der Waals surface area contributed by atoms with Gasteiger partial charge < -0.3 is 15.4 Å². The molecule has 1 heterocycles. The van der Waals surface area contributed by atoms with Gasteiger partial charge in [0.25, 0.3) is 0 Å². The highest BCUT2D eigenvalue weighted by Crippen LogP contribution is 2.14. The van der Waals surface area contributed by atoms with Crippen molar-refractivity contribution in [2.75, 3.05) is 6.61 Å². The van der Waals surface area contributed by atoms with Crippen LogP contribution in [0.25, 0.3) is 0 Å². The van der Waals surface area contributed by atoms with E-state index in [1.807, 2.05) is 18.4 Å². The highest BCUT2D eigenvalue weighted by atomic mass is 16.3. The van der Waals surface area contributed by atoms with E-state index < -0.39 is 0 Å². The zero-order valence-corrected chi connectivity index (χ0v) is 8.01. The monoisotopic (exact) mass is 184 g/mol. The Kier molecular flexibility index (Phi) is 3.39. The summed E-state index contributed by atoms with van der Waals surface area (Å²) < 4.78 is 1.92. The Morgan fingerprint density at radius 1 is 1.62 bits per heavy atom. The second-order valence-electron chi connectivity index (χ2n) is 3.31. The summed E-state index contributed by atoms with van der Waals surface area (Å²) in [5.74, 6) is 0.740. The third kappa shape index (κ3) is 2.26. The van der Waals surface area contributed by atoms with E-state index >= 15 is 0 Å². The van der Waals surface area contributed by atoms with E-state index in [-0.39, 0.29) is 12.6 Å². The first kappa shape index (κ1) is 10.1. The van der Waals surface area contributed by atoms with Crippen LogP contribution in [-0.4, -0.2) is 26.5 Å². The molecule has 0 spiro atoms. The molecule has 0 saturated heterocycles. The molecule has 5 heteroatoms. The van der Waals surface area contributed by atoms with Crippen LogP contribution >= 0.6 is 0 Å². The van der Waals surface area contributed by atoms with Crippen LogP contribution in [0.4, 0.5) is 0 Å². The van der Waals surface area contributed by atoms with E-state index in [9.17, 15) is 0 Å². The molecule has 3 N–H and O–H groups in total. The van der Waals surface area contributed by atoms with Gasteiger partial charge in [-0.15, -0.1) is 10.2 Å². The maximum atomic E-state index is 8.73. The van der Waals surface area contributed by atoms with Crippen molar-refractivity contribution in [1.29, 1.82) is 0 Å². The molecular weight excluding hydrogens is 168 g/mol. The Balaban J connectivity index is 2.80. The maximum absolute atomic E-state index is 8.73. The molecule has 0 aromatic carbocycles. The minimum atomic E-state index is -0.227. The third-order valence-electron chi connectivity index (χ3n) is 1.93. The number of hydrogen-bond acceptors (Lipinski definition) is 4. The average molecular weight is 184 g/mol. The Hall–Kier alpha value is -0.940. The molecule has 1 aromatic rings. The lowest BCUT2D eigenvalue weighted by Crippen LogP contribution is -2.18. The summed E-state index contributed by atoms with van der Waals surface area (Å²) in [5.41, 5.74) is 5.81. The molecule has 0 aliphatic carbocycles. The minimum absolute atomic E-state index is 0.0755. The van der Waals surface area contributed by atoms with Gasteiger partial charge in [-0.25, -0.2) is 0 Å². The van der Waals surface area contributed by atoms with E-state index in [1.54, 1.807) is 6.33 Å². The molecule has 0 fully saturated rings. The number of nitrogens with two attached hydrogens (primary N) is 1. The fraction of sp³-hybridized carbons (Fsp3) is 0.750. The van der Waals surface area contributed by atoms with Gasteiger partial charge >= 0.3 is 0 Å². The summed E-state index contributed by atoms with van der Waals surface area (Å²) in [6, 6.07) is 0.0737. The fourth-order valence-corrected chi connectivity index (χ4v) is 1.18. The summed E-state index contributed by atoms with van der Waals surface area (Å²) in [6.45, 7) is 4.16. The number of hydrogen-bond donors (Lipinski definition) is 2. The lowest BCUT2D eigenvalue weighted by molar-refractivity contribution is 0.272. The lowest BCUT2D eigenvalue weighted by Gasteiger charge is -2.14. The molecule has 0 aliphatic rings. The topological polar surface area (TPSA) is 77.0 Å². The van der Waals surface area contributed by atoms with Crippen molar-refractivity contribution in [3.63, 3.8) is 0 Å². The summed E-state index contributed by atoms with van der Waals surface area (Å²) in [7, 11) is 0. The van der Waals surface area contributed by atoms with Gasteiger partial charge in [-0.2, -0.15) is 0 Å². The Morgan fingerprint density at radius 3 is 2.85 bits per heavy atom. The van der Waals surface area contributed by atoms with Gasteiger partial charge in [0, 0.05) is 12.6 Å². The van der Waals surface area contributed by atoms with Crippen LogP contribution in [0, 0.1) is 0 Å². The van der Waals surface area contributed by atoms with E-state index in [1.165, 1.54) is 0 Å². The van der Waals surface area contributed by atoms with Gasteiger partial charge in [-0.1, -0.05) is 0 Å². The Labute approximate surface area is 77.6 Å². The van der Waals surface area contributed by atoms with Crippen LogP contribution in [0.3, 0.4) is 0 Å². The molecule has 5 nitrogen and oxygen atoms in total. The van der Waals surface area contributed by atoms with Crippen LogP contribution in [-0.2, 0) is 0 Å². The summed E-state index contributed by atoms with van der Waals surface area (Å²) in [5, 5.41) is 16.5. The molecule has 0 amide bonds. The van der Waals surface area contributed by atoms with Crippen LogP contribution < -0.4 is 5.73 Å². The van der Waals surface area contributed by atoms with Crippen molar-refractivity contribution >= 4 is 0 Å². The molecule has 0 radical (unpaired) electrons. The summed E-state index contributed by atoms with van der Waals surface area (Å²) >= 11 is 0. The summed E-state index contributed by atoms with van der Waals surface area (Å²) in [4.78, 5) is 0. The molecule has 0 saturated carbocycles. The number of aliphatic hydroxyl groups is 1. The number of aliphatic hydroxyl groups excluding tert-OH is 1. The van der Waals surface area contributed by atoms with Crippen molar-refractivity contribution in [1.82, 2.24) is 14.8 Å².